The topological polar surface area (TPSA) is 84.5 Å². The van der Waals surface area contributed by atoms with E-state index in [-0.39, 0.29) is 11.3 Å². The molecule has 3 rings (SSSR count). The van der Waals surface area contributed by atoms with E-state index in [1.54, 1.807) is 36.9 Å². The minimum Gasteiger partial charge on any atom is -0.494 e. The molecule has 0 aliphatic carbocycles. The van der Waals surface area contributed by atoms with E-state index < -0.39 is 22.0 Å². The first-order valence-electron chi connectivity index (χ1n) is 10.6. The first kappa shape index (κ1) is 24.8. The summed E-state index contributed by atoms with van der Waals surface area (Å²) in [7, 11) is -3.95. The van der Waals surface area contributed by atoms with Crippen molar-refractivity contribution in [2.24, 2.45) is 0 Å². The lowest BCUT2D eigenvalue weighted by molar-refractivity contribution is -0.117. The normalized spacial score (nSPS) is 12.2. The smallest absolute Gasteiger partial charge is 0.242 e. The highest BCUT2D eigenvalue weighted by Gasteiger charge is 2.27. The molecule has 0 saturated carbocycles. The molecule has 0 fully saturated rings. The molecule has 8 heteroatoms. The lowest BCUT2D eigenvalue weighted by atomic mass is 10.1. The summed E-state index contributed by atoms with van der Waals surface area (Å²) in [6.45, 7) is 4.15. The molecule has 2 N–H and O–H groups in total. The van der Waals surface area contributed by atoms with Crippen molar-refractivity contribution in [3.05, 3.63) is 83.9 Å². The van der Waals surface area contributed by atoms with E-state index in [9.17, 15) is 13.2 Å². The van der Waals surface area contributed by atoms with Gasteiger partial charge in [0.2, 0.25) is 15.9 Å². The van der Waals surface area contributed by atoms with Crippen LogP contribution in [0.25, 0.3) is 0 Å². The summed E-state index contributed by atoms with van der Waals surface area (Å²) >= 11 is 1.56. The minimum atomic E-state index is -3.95. The molecule has 1 atom stereocenters. The molecule has 33 heavy (non-hydrogen) atoms. The van der Waals surface area contributed by atoms with Crippen molar-refractivity contribution in [3.63, 3.8) is 0 Å². The standard InChI is InChI=1S/C25H28N2O4S2/c1-4-31-24-14-13-22(15-18(24)2)33(29,30)27-23(16-19-9-6-5-7-10-19)25(28)26-20-11-8-12-21(17-20)32-3/h5-15,17,23,27H,4,16H2,1-3H3,(H,26,28)/t23-/m1/s1. The van der Waals surface area contributed by atoms with Crippen LogP contribution in [-0.2, 0) is 21.2 Å². The number of amides is 1. The summed E-state index contributed by atoms with van der Waals surface area (Å²) in [6.07, 6.45) is 2.16. The summed E-state index contributed by atoms with van der Waals surface area (Å²) in [4.78, 5) is 14.2. The van der Waals surface area contributed by atoms with Gasteiger partial charge in [0.1, 0.15) is 11.8 Å². The van der Waals surface area contributed by atoms with Gasteiger partial charge in [0, 0.05) is 10.6 Å². The van der Waals surface area contributed by atoms with Gasteiger partial charge in [-0.3, -0.25) is 4.79 Å². The Kier molecular flexibility index (Phi) is 8.55. The van der Waals surface area contributed by atoms with E-state index >= 15 is 0 Å². The van der Waals surface area contributed by atoms with Crippen LogP contribution in [0, 0.1) is 6.92 Å². The van der Waals surface area contributed by atoms with Crippen molar-refractivity contribution in [3.8, 4) is 5.75 Å². The van der Waals surface area contributed by atoms with E-state index in [4.69, 9.17) is 4.74 Å². The third-order valence-corrected chi connectivity index (χ3v) is 7.19. The van der Waals surface area contributed by atoms with Crippen molar-refractivity contribution in [1.29, 1.82) is 0 Å². The fourth-order valence-electron chi connectivity index (χ4n) is 3.33. The van der Waals surface area contributed by atoms with E-state index in [0.29, 0.717) is 23.6 Å². The molecule has 6 nitrogen and oxygen atoms in total. The number of anilines is 1. The zero-order valence-electron chi connectivity index (χ0n) is 18.9. The van der Waals surface area contributed by atoms with Gasteiger partial charge in [0.15, 0.2) is 0 Å². The first-order chi connectivity index (χ1) is 15.8. The van der Waals surface area contributed by atoms with Gasteiger partial charge in [-0.1, -0.05) is 36.4 Å². The highest BCUT2D eigenvalue weighted by Crippen LogP contribution is 2.23. The van der Waals surface area contributed by atoms with Crippen LogP contribution in [0.2, 0.25) is 0 Å². The van der Waals surface area contributed by atoms with Crippen LogP contribution in [-0.4, -0.2) is 33.2 Å². The number of benzene rings is 3. The summed E-state index contributed by atoms with van der Waals surface area (Å²) in [5.74, 6) is 0.201. The van der Waals surface area contributed by atoms with Crippen LogP contribution in [0.3, 0.4) is 0 Å². The average molecular weight is 485 g/mol. The zero-order valence-corrected chi connectivity index (χ0v) is 20.5. The SMILES string of the molecule is CCOc1ccc(S(=O)(=O)N[C@H](Cc2ccccc2)C(=O)Nc2cccc(SC)c2)cc1C. The fourth-order valence-corrected chi connectivity index (χ4v) is 5.07. The summed E-state index contributed by atoms with van der Waals surface area (Å²) in [6, 6.07) is 20.4. The van der Waals surface area contributed by atoms with Crippen molar-refractivity contribution < 1.29 is 17.9 Å². The van der Waals surface area contributed by atoms with Crippen LogP contribution in [0.5, 0.6) is 5.75 Å². The lowest BCUT2D eigenvalue weighted by Gasteiger charge is -2.19. The fraction of sp³-hybridized carbons (Fsp3) is 0.240. The summed E-state index contributed by atoms with van der Waals surface area (Å²) in [5, 5.41) is 2.85. The Bertz CT molecular complexity index is 1200. The van der Waals surface area contributed by atoms with Crippen LogP contribution >= 0.6 is 11.8 Å². The second-order valence-corrected chi connectivity index (χ2v) is 10.0. The van der Waals surface area contributed by atoms with Crippen molar-refractivity contribution in [1.82, 2.24) is 4.72 Å². The maximum absolute atomic E-state index is 13.2. The Hall–Kier alpha value is -2.81. The molecule has 1 amide bonds. The third kappa shape index (κ3) is 6.83. The number of rotatable bonds is 10. The molecular weight excluding hydrogens is 456 g/mol. The highest BCUT2D eigenvalue weighted by atomic mass is 32.2. The molecule has 0 radical (unpaired) electrons. The number of ether oxygens (including phenoxy) is 1. The number of hydrogen-bond donors (Lipinski definition) is 2. The quantitative estimate of drug-likeness (QED) is 0.410. The molecule has 3 aromatic carbocycles. The van der Waals surface area contributed by atoms with E-state index in [2.05, 4.69) is 10.0 Å². The summed E-state index contributed by atoms with van der Waals surface area (Å²) < 4.78 is 34.5. The average Bonchev–Trinajstić information content (AvgIpc) is 2.80. The predicted octanol–water partition coefficient (Wildman–Crippen LogP) is 4.64. The highest BCUT2D eigenvalue weighted by molar-refractivity contribution is 7.98. The molecule has 0 aromatic heterocycles. The van der Waals surface area contributed by atoms with Gasteiger partial charge in [0.25, 0.3) is 0 Å². The molecule has 0 aliphatic heterocycles. The van der Waals surface area contributed by atoms with Gasteiger partial charge in [-0.05, 0) is 74.0 Å². The zero-order chi connectivity index (χ0) is 23.8. The number of thioether (sulfide) groups is 1. The Morgan fingerprint density at radius 2 is 1.79 bits per heavy atom. The van der Waals surface area contributed by atoms with E-state index in [1.807, 2.05) is 61.7 Å². The number of aryl methyl sites for hydroxylation is 1. The van der Waals surface area contributed by atoms with Crippen molar-refractivity contribution in [2.45, 2.75) is 36.1 Å². The van der Waals surface area contributed by atoms with Gasteiger partial charge in [0.05, 0.1) is 11.5 Å². The number of hydrogen-bond acceptors (Lipinski definition) is 5. The maximum Gasteiger partial charge on any atom is 0.242 e. The van der Waals surface area contributed by atoms with Gasteiger partial charge in [-0.25, -0.2) is 8.42 Å². The molecule has 174 valence electrons. The first-order valence-corrected chi connectivity index (χ1v) is 13.3. The van der Waals surface area contributed by atoms with Crippen LogP contribution < -0.4 is 14.8 Å². The molecular formula is C25H28N2O4S2. The molecule has 0 bridgehead atoms. The van der Waals surface area contributed by atoms with E-state index in [0.717, 1.165) is 10.5 Å². The number of nitrogens with one attached hydrogen (secondary N) is 2. The molecule has 3 aromatic rings. The molecule has 0 unspecified atom stereocenters. The molecule has 0 heterocycles. The number of carbonyl (C=O) groups is 1. The molecule has 0 spiro atoms. The van der Waals surface area contributed by atoms with Gasteiger partial charge < -0.3 is 10.1 Å². The van der Waals surface area contributed by atoms with Crippen molar-refractivity contribution in [2.75, 3.05) is 18.2 Å². The Labute approximate surface area is 199 Å². The summed E-state index contributed by atoms with van der Waals surface area (Å²) in [5.41, 5.74) is 2.17. The molecule has 0 saturated heterocycles. The van der Waals surface area contributed by atoms with Crippen LogP contribution in [0.4, 0.5) is 5.69 Å². The largest absolute Gasteiger partial charge is 0.494 e. The second-order valence-electron chi connectivity index (χ2n) is 7.45. The number of carbonyl (C=O) groups excluding carboxylic acids is 1. The minimum absolute atomic E-state index is 0.0821. The van der Waals surface area contributed by atoms with Gasteiger partial charge in [-0.2, -0.15) is 4.72 Å². The van der Waals surface area contributed by atoms with Crippen molar-refractivity contribution >= 4 is 33.4 Å². The molecule has 0 aliphatic rings. The monoisotopic (exact) mass is 484 g/mol. The van der Waals surface area contributed by atoms with Crippen LogP contribution in [0.1, 0.15) is 18.1 Å². The number of sulfonamides is 1. The third-order valence-electron chi connectivity index (χ3n) is 4.99. The van der Waals surface area contributed by atoms with Gasteiger partial charge >= 0.3 is 0 Å². The van der Waals surface area contributed by atoms with Crippen LogP contribution in [0.15, 0.2) is 82.6 Å². The Balaban J connectivity index is 1.87. The Morgan fingerprint density at radius 3 is 2.45 bits per heavy atom. The van der Waals surface area contributed by atoms with E-state index in [1.165, 1.54) is 6.07 Å². The second kappa shape index (κ2) is 11.4. The Morgan fingerprint density at radius 1 is 1.03 bits per heavy atom. The predicted molar refractivity (Wildman–Crippen MR) is 133 cm³/mol. The maximum atomic E-state index is 13.2. The van der Waals surface area contributed by atoms with Gasteiger partial charge in [-0.15, -0.1) is 11.8 Å². The lowest BCUT2D eigenvalue weighted by Crippen LogP contribution is -2.45.